The number of carbonyl (C=O) groups excluding carboxylic acids is 3. The quantitative estimate of drug-likeness (QED) is 0.0439. The van der Waals surface area contributed by atoms with Gasteiger partial charge in [-0.3, -0.25) is 24.6 Å². The van der Waals surface area contributed by atoms with E-state index in [1.807, 2.05) is 0 Å². The van der Waals surface area contributed by atoms with Crippen LogP contribution >= 0.6 is 0 Å². The van der Waals surface area contributed by atoms with Crippen molar-refractivity contribution in [1.29, 1.82) is 0 Å². The number of carboxylic acid groups (broad SMARTS) is 1. The molecule has 0 bridgehead atoms. The van der Waals surface area contributed by atoms with Crippen LogP contribution in [0.5, 0.6) is 0 Å². The molecule has 0 heterocycles. The van der Waals surface area contributed by atoms with Crippen molar-refractivity contribution in [2.75, 3.05) is 19.6 Å². The number of alkyl carbamates (subject to hydrolysis) is 1. The lowest BCUT2D eigenvalue weighted by atomic mass is 10.1. The predicted octanol–water partition coefficient (Wildman–Crippen LogP) is -2.91. The van der Waals surface area contributed by atoms with Gasteiger partial charge in [-0.25, -0.2) is 9.59 Å². The van der Waals surface area contributed by atoms with Gasteiger partial charge in [0.05, 0.1) is 0 Å². The van der Waals surface area contributed by atoms with E-state index in [0.29, 0.717) is 6.42 Å². The number of aliphatic imine (C=N–C) groups is 3. The molecule has 0 aromatic carbocycles. The molecule has 3 atom stereocenters. The van der Waals surface area contributed by atoms with Crippen LogP contribution in [0.15, 0.2) is 15.0 Å². The fourth-order valence-corrected chi connectivity index (χ4v) is 3.30. The van der Waals surface area contributed by atoms with Crippen molar-refractivity contribution in [3.63, 3.8) is 0 Å². The number of carboxylic acids is 1. The highest BCUT2D eigenvalue weighted by Crippen LogP contribution is 2.09. The number of nitrogens with two attached hydrogens (primary N) is 6. The molecule has 0 spiro atoms. The summed E-state index contributed by atoms with van der Waals surface area (Å²) in [6.07, 6.45) is 0.195. The minimum atomic E-state index is -1.28. The molecule has 0 saturated heterocycles. The Kier molecular flexibility index (Phi) is 16.7. The molecule has 0 aromatic heterocycles. The number of guanidine groups is 3. The van der Waals surface area contributed by atoms with Crippen LogP contribution in [0.4, 0.5) is 4.79 Å². The fourth-order valence-electron chi connectivity index (χ4n) is 3.30. The average molecular weight is 587 g/mol. The molecule has 16 N–H and O–H groups in total. The zero-order chi connectivity index (χ0) is 31.6. The van der Waals surface area contributed by atoms with Crippen molar-refractivity contribution >= 4 is 41.8 Å². The summed E-state index contributed by atoms with van der Waals surface area (Å²) in [6.45, 7) is 5.48. The summed E-state index contributed by atoms with van der Waals surface area (Å²) >= 11 is 0. The number of nitrogens with zero attached hydrogens (tertiary/aromatic N) is 3. The van der Waals surface area contributed by atoms with Gasteiger partial charge in [0.25, 0.3) is 0 Å². The summed E-state index contributed by atoms with van der Waals surface area (Å²) in [5.41, 5.74) is 31.1. The Bertz CT molecular complexity index is 951. The summed E-state index contributed by atoms with van der Waals surface area (Å²) in [5, 5.41) is 17.1. The van der Waals surface area contributed by atoms with Crippen LogP contribution in [0, 0.1) is 0 Å². The minimum absolute atomic E-state index is 0.0279. The Morgan fingerprint density at radius 2 is 1.00 bits per heavy atom. The molecule has 0 aliphatic rings. The van der Waals surface area contributed by atoms with E-state index in [1.165, 1.54) is 0 Å². The highest BCUT2D eigenvalue weighted by Gasteiger charge is 2.30. The number of carbonyl (C=O) groups is 4. The molecule has 18 nitrogen and oxygen atoms in total. The van der Waals surface area contributed by atoms with E-state index >= 15 is 0 Å². The first-order chi connectivity index (χ1) is 19.0. The molecule has 0 unspecified atom stereocenters. The van der Waals surface area contributed by atoms with E-state index in [-0.39, 0.29) is 69.6 Å². The lowest BCUT2D eigenvalue weighted by Gasteiger charge is -2.26. The molecule has 0 aliphatic heterocycles. The van der Waals surface area contributed by atoms with E-state index in [1.54, 1.807) is 20.8 Å². The van der Waals surface area contributed by atoms with Crippen LogP contribution in [0.25, 0.3) is 0 Å². The first kappa shape index (κ1) is 36.5. The molecular weight excluding hydrogens is 540 g/mol. The highest BCUT2D eigenvalue weighted by molar-refractivity contribution is 5.92. The van der Waals surface area contributed by atoms with Gasteiger partial charge in [-0.2, -0.15) is 0 Å². The van der Waals surface area contributed by atoms with Crippen LogP contribution in [-0.2, 0) is 19.1 Å². The second-order valence-electron chi connectivity index (χ2n) is 10.0. The maximum Gasteiger partial charge on any atom is 0.408 e. The third-order valence-electron chi connectivity index (χ3n) is 5.09. The Balaban J connectivity index is 5.73. The lowest BCUT2D eigenvalue weighted by molar-refractivity contribution is -0.142. The summed E-state index contributed by atoms with van der Waals surface area (Å²) in [7, 11) is 0. The fraction of sp³-hybridized carbons (Fsp3) is 0.696. The van der Waals surface area contributed by atoms with Crippen molar-refractivity contribution in [3.8, 4) is 0 Å². The zero-order valence-corrected chi connectivity index (χ0v) is 23.9. The number of amides is 3. The first-order valence-corrected chi connectivity index (χ1v) is 13.0. The minimum Gasteiger partial charge on any atom is -0.480 e. The van der Waals surface area contributed by atoms with E-state index in [0.717, 1.165) is 0 Å². The van der Waals surface area contributed by atoms with Gasteiger partial charge in [0.2, 0.25) is 11.8 Å². The van der Waals surface area contributed by atoms with Gasteiger partial charge in [-0.15, -0.1) is 0 Å². The van der Waals surface area contributed by atoms with Crippen LogP contribution in [-0.4, -0.2) is 90.2 Å². The van der Waals surface area contributed by atoms with E-state index in [2.05, 4.69) is 30.9 Å². The Hall–Kier alpha value is -4.51. The summed E-state index contributed by atoms with van der Waals surface area (Å²) in [4.78, 5) is 62.1. The SMILES string of the molecule is CC(C)(C)OC(=O)N[C@@H](CCCN=C(N)N)C(=O)N[C@@H](CCCN=C(N)N)C(=O)N[C@@H](CCCN=C(N)N)C(=O)O. The third kappa shape index (κ3) is 19.2. The molecule has 234 valence electrons. The molecule has 0 aromatic rings. The molecule has 0 fully saturated rings. The van der Waals surface area contributed by atoms with E-state index < -0.39 is 47.6 Å². The number of ether oxygens (including phenoxy) is 1. The Morgan fingerprint density at radius 1 is 0.659 bits per heavy atom. The normalized spacial score (nSPS) is 13.0. The maximum atomic E-state index is 13.3. The number of hydrogen-bond acceptors (Lipinski definition) is 8. The molecule has 0 saturated carbocycles. The molecule has 41 heavy (non-hydrogen) atoms. The van der Waals surface area contributed by atoms with Crippen molar-refractivity contribution in [2.24, 2.45) is 49.4 Å². The Labute approximate surface area is 239 Å². The molecular formula is C23H46N12O6. The van der Waals surface area contributed by atoms with Gasteiger partial charge in [-0.1, -0.05) is 0 Å². The molecule has 0 radical (unpaired) electrons. The summed E-state index contributed by atoms with van der Waals surface area (Å²) in [6, 6.07) is -3.58. The standard InChI is InChI=1S/C23H46N12O6/c1-23(2,3)41-22(40)35-14(8-5-11-31-20(26)27)17(37)33-13(7-4-10-30-19(24)25)16(36)34-15(18(38)39)9-6-12-32-21(28)29/h13-15H,4-12H2,1-3H3,(H,33,37)(H,34,36)(H,35,40)(H,38,39)(H4,24,25,30)(H4,26,27,31)(H4,28,29,32)/t13-,14-,15-/m0/s1. The van der Waals surface area contributed by atoms with Crippen molar-refractivity contribution in [3.05, 3.63) is 0 Å². The van der Waals surface area contributed by atoms with Crippen LogP contribution in [0.1, 0.15) is 59.3 Å². The van der Waals surface area contributed by atoms with E-state index in [4.69, 9.17) is 39.1 Å². The Morgan fingerprint density at radius 3 is 1.34 bits per heavy atom. The molecule has 0 aliphatic carbocycles. The van der Waals surface area contributed by atoms with Crippen LogP contribution < -0.4 is 50.4 Å². The number of nitrogens with one attached hydrogen (secondary N) is 3. The van der Waals surface area contributed by atoms with Crippen LogP contribution in [0.2, 0.25) is 0 Å². The van der Waals surface area contributed by atoms with Gasteiger partial charge in [0, 0.05) is 19.6 Å². The van der Waals surface area contributed by atoms with Gasteiger partial charge >= 0.3 is 12.1 Å². The second kappa shape index (κ2) is 18.7. The largest absolute Gasteiger partial charge is 0.480 e. The monoisotopic (exact) mass is 586 g/mol. The third-order valence-corrected chi connectivity index (χ3v) is 5.09. The van der Waals surface area contributed by atoms with Crippen molar-refractivity contribution in [2.45, 2.75) is 83.0 Å². The summed E-state index contributed by atoms with van der Waals surface area (Å²) < 4.78 is 5.25. The van der Waals surface area contributed by atoms with Crippen LogP contribution in [0.3, 0.4) is 0 Å². The first-order valence-electron chi connectivity index (χ1n) is 13.0. The predicted molar refractivity (Wildman–Crippen MR) is 154 cm³/mol. The maximum absolute atomic E-state index is 13.3. The average Bonchev–Trinajstić information content (AvgIpc) is 2.82. The molecule has 18 heteroatoms. The van der Waals surface area contributed by atoms with Gasteiger partial charge < -0.3 is 60.2 Å². The summed E-state index contributed by atoms with van der Waals surface area (Å²) in [5.74, 6) is -3.16. The number of rotatable bonds is 18. The zero-order valence-electron chi connectivity index (χ0n) is 23.9. The van der Waals surface area contributed by atoms with Crippen molar-refractivity contribution in [1.82, 2.24) is 16.0 Å². The smallest absolute Gasteiger partial charge is 0.408 e. The topological polar surface area (TPSA) is 327 Å². The van der Waals surface area contributed by atoms with Gasteiger partial charge in [-0.05, 0) is 59.3 Å². The number of hydrogen-bond donors (Lipinski definition) is 10. The lowest BCUT2D eigenvalue weighted by Crippen LogP contribution is -2.56. The van der Waals surface area contributed by atoms with Gasteiger partial charge in [0.15, 0.2) is 17.9 Å². The highest BCUT2D eigenvalue weighted by atomic mass is 16.6. The van der Waals surface area contributed by atoms with Crippen molar-refractivity contribution < 1.29 is 29.0 Å². The molecule has 3 amide bonds. The van der Waals surface area contributed by atoms with Gasteiger partial charge in [0.1, 0.15) is 23.7 Å². The van der Waals surface area contributed by atoms with E-state index in [9.17, 15) is 24.3 Å². The number of aliphatic carboxylic acids is 1. The molecule has 0 rings (SSSR count). The second-order valence-corrected chi connectivity index (χ2v) is 10.0.